The summed E-state index contributed by atoms with van der Waals surface area (Å²) in [5.74, 6) is 0.363. The van der Waals surface area contributed by atoms with Gasteiger partial charge in [0.15, 0.2) is 0 Å². The van der Waals surface area contributed by atoms with Gasteiger partial charge in [0.25, 0.3) is 0 Å². The van der Waals surface area contributed by atoms with Gasteiger partial charge in [-0.1, -0.05) is 26.1 Å². The van der Waals surface area contributed by atoms with E-state index in [-0.39, 0.29) is 6.10 Å². The molecule has 0 aliphatic rings. The quantitative estimate of drug-likeness (QED) is 0.540. The summed E-state index contributed by atoms with van der Waals surface area (Å²) >= 11 is 8.34. The molecule has 0 saturated carbocycles. The fourth-order valence-corrected chi connectivity index (χ4v) is 1.87. The smallest absolute Gasteiger partial charge is 0.241 e. The summed E-state index contributed by atoms with van der Waals surface area (Å²) in [6.07, 6.45) is -0.0201. The second-order valence-corrected chi connectivity index (χ2v) is 7.66. The summed E-state index contributed by atoms with van der Waals surface area (Å²) in [6, 6.07) is 0. The molecule has 0 spiro atoms. The van der Waals surface area contributed by atoms with Crippen LogP contribution in [0.3, 0.4) is 0 Å². The highest BCUT2D eigenvalue weighted by molar-refractivity contribution is 8.59. The average molecular weight is 200 g/mol. The van der Waals surface area contributed by atoms with Crippen LogP contribution in [0.25, 0.3) is 0 Å². The fourth-order valence-electron chi connectivity index (χ4n) is 0.338. The molecular weight excluding hydrogens is 187 g/mol. The standard InChI is InChI=1S/C5H13O2PS2/c1-4(2)5(3)7-8(6,9)10/h4-5H,1-3H3,(H2,6,9,10). The van der Waals surface area contributed by atoms with Crippen molar-refractivity contribution in [1.29, 1.82) is 0 Å². The van der Waals surface area contributed by atoms with Crippen molar-refractivity contribution in [2.75, 3.05) is 0 Å². The van der Waals surface area contributed by atoms with Gasteiger partial charge in [-0.3, -0.25) is 0 Å². The molecule has 0 aromatic heterocycles. The second kappa shape index (κ2) is 4.07. The van der Waals surface area contributed by atoms with E-state index in [1.54, 1.807) is 0 Å². The molecule has 0 rings (SSSR count). The first kappa shape index (κ1) is 10.9. The van der Waals surface area contributed by atoms with Crippen molar-refractivity contribution in [1.82, 2.24) is 0 Å². The molecule has 2 unspecified atom stereocenters. The number of hydrogen-bond donors (Lipinski definition) is 2. The first-order chi connectivity index (χ1) is 4.33. The summed E-state index contributed by atoms with van der Waals surface area (Å²) in [5, 5.41) is 0. The van der Waals surface area contributed by atoms with E-state index in [1.807, 2.05) is 20.8 Å². The van der Waals surface area contributed by atoms with E-state index in [2.05, 4.69) is 24.1 Å². The molecule has 0 bridgehead atoms. The molecule has 1 N–H and O–H groups in total. The Kier molecular flexibility index (Phi) is 4.45. The zero-order valence-corrected chi connectivity index (χ0v) is 8.92. The molecule has 0 radical (unpaired) electrons. The van der Waals surface area contributed by atoms with Gasteiger partial charge in [-0.15, -0.1) is 0 Å². The monoisotopic (exact) mass is 200 g/mol. The predicted molar refractivity (Wildman–Crippen MR) is 50.9 cm³/mol. The largest absolute Gasteiger partial charge is 0.338 e. The maximum atomic E-state index is 9.00. The van der Waals surface area contributed by atoms with Gasteiger partial charge < -0.3 is 9.42 Å². The van der Waals surface area contributed by atoms with Crippen LogP contribution in [0.2, 0.25) is 0 Å². The molecule has 2 atom stereocenters. The Morgan fingerprint density at radius 3 is 2.00 bits per heavy atom. The summed E-state index contributed by atoms with van der Waals surface area (Å²) < 4.78 is 5.04. The lowest BCUT2D eigenvalue weighted by Crippen LogP contribution is -2.12. The lowest BCUT2D eigenvalue weighted by atomic mass is 10.1. The number of thiol groups is 1. The van der Waals surface area contributed by atoms with Crippen molar-refractivity contribution < 1.29 is 9.42 Å². The lowest BCUT2D eigenvalue weighted by Gasteiger charge is -2.19. The van der Waals surface area contributed by atoms with E-state index >= 15 is 0 Å². The van der Waals surface area contributed by atoms with E-state index in [4.69, 9.17) is 9.42 Å². The minimum Gasteiger partial charge on any atom is -0.338 e. The van der Waals surface area contributed by atoms with Gasteiger partial charge in [0, 0.05) is 0 Å². The van der Waals surface area contributed by atoms with Crippen LogP contribution in [0.4, 0.5) is 0 Å². The van der Waals surface area contributed by atoms with Crippen molar-refractivity contribution in [3.8, 4) is 0 Å². The van der Waals surface area contributed by atoms with Crippen molar-refractivity contribution in [3.63, 3.8) is 0 Å². The van der Waals surface area contributed by atoms with E-state index < -0.39 is 5.69 Å². The maximum absolute atomic E-state index is 9.00. The number of rotatable bonds is 3. The van der Waals surface area contributed by atoms with Crippen molar-refractivity contribution >= 4 is 29.7 Å². The van der Waals surface area contributed by atoms with Gasteiger partial charge in [0.1, 0.15) is 0 Å². The number of hydrogen-bond acceptors (Lipinski definition) is 2. The normalized spacial score (nSPS) is 20.6. The third kappa shape index (κ3) is 5.69. The van der Waals surface area contributed by atoms with Crippen molar-refractivity contribution in [3.05, 3.63) is 0 Å². The second-order valence-electron chi connectivity index (χ2n) is 2.55. The molecule has 0 aromatic rings. The van der Waals surface area contributed by atoms with Gasteiger partial charge >= 0.3 is 0 Å². The van der Waals surface area contributed by atoms with Crippen LogP contribution in [0, 0.1) is 5.92 Å². The zero-order valence-electron chi connectivity index (χ0n) is 6.31. The predicted octanol–water partition coefficient (Wildman–Crippen LogP) is 2.19. The molecule has 5 heteroatoms. The van der Waals surface area contributed by atoms with Gasteiger partial charge in [-0.05, 0) is 24.6 Å². The van der Waals surface area contributed by atoms with Crippen LogP contribution in [0.5, 0.6) is 0 Å². The Hall–Kier alpha value is 0.920. The Morgan fingerprint density at radius 2 is 1.90 bits per heavy atom. The molecule has 0 heterocycles. The Balaban J connectivity index is 3.80. The topological polar surface area (TPSA) is 29.5 Å². The maximum Gasteiger partial charge on any atom is 0.241 e. The van der Waals surface area contributed by atoms with Crippen molar-refractivity contribution in [2.45, 2.75) is 26.9 Å². The Bertz CT molecular complexity index is 143. The zero-order chi connectivity index (χ0) is 8.36. The van der Waals surface area contributed by atoms with Crippen LogP contribution in [0.15, 0.2) is 0 Å². The SMILES string of the molecule is CC(C)C(C)OP(O)(=S)S. The van der Waals surface area contributed by atoms with E-state index in [9.17, 15) is 0 Å². The van der Waals surface area contributed by atoms with Crippen LogP contribution in [0.1, 0.15) is 20.8 Å². The molecular formula is C5H13O2PS2. The Morgan fingerprint density at radius 1 is 1.50 bits per heavy atom. The van der Waals surface area contributed by atoms with Gasteiger partial charge in [-0.2, -0.15) is 0 Å². The molecule has 0 saturated heterocycles. The Labute approximate surface area is 72.3 Å². The van der Waals surface area contributed by atoms with Crippen LogP contribution >= 0.6 is 17.9 Å². The molecule has 0 aliphatic carbocycles. The van der Waals surface area contributed by atoms with E-state index in [1.165, 1.54) is 0 Å². The molecule has 10 heavy (non-hydrogen) atoms. The molecule has 0 fully saturated rings. The minimum atomic E-state index is -2.75. The van der Waals surface area contributed by atoms with Crippen LogP contribution in [-0.2, 0) is 16.3 Å². The highest BCUT2D eigenvalue weighted by atomic mass is 32.9. The molecule has 62 valence electrons. The van der Waals surface area contributed by atoms with Crippen LogP contribution < -0.4 is 0 Å². The van der Waals surface area contributed by atoms with Gasteiger partial charge in [-0.25, -0.2) is 0 Å². The highest BCUT2D eigenvalue weighted by Crippen LogP contribution is 2.49. The molecule has 0 aromatic carbocycles. The van der Waals surface area contributed by atoms with E-state index in [0.717, 1.165) is 0 Å². The third-order valence-corrected chi connectivity index (χ3v) is 2.39. The van der Waals surface area contributed by atoms with Crippen molar-refractivity contribution in [2.24, 2.45) is 5.92 Å². The third-order valence-electron chi connectivity index (χ3n) is 1.24. The summed E-state index contributed by atoms with van der Waals surface area (Å²) in [7, 11) is 0. The van der Waals surface area contributed by atoms with Crippen LogP contribution in [-0.4, -0.2) is 11.0 Å². The minimum absolute atomic E-state index is 0.0201. The molecule has 2 nitrogen and oxygen atoms in total. The summed E-state index contributed by atoms with van der Waals surface area (Å²) in [5.41, 5.74) is -2.75. The van der Waals surface area contributed by atoms with E-state index in [0.29, 0.717) is 5.92 Å². The molecule has 0 amide bonds. The lowest BCUT2D eigenvalue weighted by molar-refractivity contribution is 0.177. The average Bonchev–Trinajstić information content (AvgIpc) is 1.60. The first-order valence-corrected chi connectivity index (χ1v) is 6.89. The molecule has 0 aliphatic heterocycles. The summed E-state index contributed by atoms with van der Waals surface area (Å²) in [6.45, 7) is 5.88. The first-order valence-electron chi connectivity index (χ1n) is 3.07. The summed E-state index contributed by atoms with van der Waals surface area (Å²) in [4.78, 5) is 9.00. The van der Waals surface area contributed by atoms with Gasteiger partial charge in [0.2, 0.25) is 5.69 Å². The highest BCUT2D eigenvalue weighted by Gasteiger charge is 2.14. The fraction of sp³-hybridized carbons (Fsp3) is 1.00. The van der Waals surface area contributed by atoms with Gasteiger partial charge in [0.05, 0.1) is 6.10 Å².